The van der Waals surface area contributed by atoms with E-state index in [0.717, 1.165) is 0 Å². The van der Waals surface area contributed by atoms with Crippen LogP contribution in [0.2, 0.25) is 5.02 Å². The monoisotopic (exact) mass is 195 g/mol. The lowest BCUT2D eigenvalue weighted by molar-refractivity contribution is 1.19. The molecule has 5 heteroatoms. The zero-order valence-corrected chi connectivity index (χ0v) is 7.30. The van der Waals surface area contributed by atoms with Crippen LogP contribution in [0.25, 0.3) is 10.9 Å². The van der Waals surface area contributed by atoms with E-state index in [9.17, 15) is 4.79 Å². The summed E-state index contributed by atoms with van der Waals surface area (Å²) in [5.41, 5.74) is 5.53. The Bertz CT molecular complexity index is 520. The molecule has 2 rings (SSSR count). The first-order valence-electron chi connectivity index (χ1n) is 3.62. The second-order valence-electron chi connectivity index (χ2n) is 2.59. The van der Waals surface area contributed by atoms with Gasteiger partial charge in [-0.25, -0.2) is 4.98 Å². The highest BCUT2D eigenvalue weighted by Gasteiger charge is 2.03. The van der Waals surface area contributed by atoms with Crippen LogP contribution in [0, 0.1) is 0 Å². The number of nitrogens with two attached hydrogens (primary N) is 1. The van der Waals surface area contributed by atoms with E-state index in [1.807, 2.05) is 0 Å². The van der Waals surface area contributed by atoms with Crippen molar-refractivity contribution in [2.45, 2.75) is 0 Å². The highest BCUT2D eigenvalue weighted by atomic mass is 35.5. The molecule has 1 aromatic heterocycles. The maximum Gasteiger partial charge on any atom is 0.260 e. The number of hydrogen-bond acceptors (Lipinski definition) is 3. The molecule has 0 aliphatic rings. The van der Waals surface area contributed by atoms with Crippen LogP contribution in [0.15, 0.2) is 23.0 Å². The Morgan fingerprint density at radius 1 is 1.46 bits per heavy atom. The Labute approximate surface area is 78.4 Å². The number of nitrogens with one attached hydrogen (secondary N) is 1. The number of para-hydroxylation sites is 1. The number of aromatic nitrogens is 2. The van der Waals surface area contributed by atoms with E-state index in [1.54, 1.807) is 18.2 Å². The zero-order chi connectivity index (χ0) is 9.42. The number of H-pyrrole nitrogens is 1. The lowest BCUT2D eigenvalue weighted by atomic mass is 10.2. The molecule has 1 aromatic carbocycles. The number of benzene rings is 1. The molecule has 13 heavy (non-hydrogen) atoms. The van der Waals surface area contributed by atoms with E-state index < -0.39 is 0 Å². The molecule has 4 nitrogen and oxygen atoms in total. The van der Waals surface area contributed by atoms with Gasteiger partial charge in [0, 0.05) is 0 Å². The normalized spacial score (nSPS) is 10.5. The van der Waals surface area contributed by atoms with Gasteiger partial charge in [0.2, 0.25) is 5.95 Å². The van der Waals surface area contributed by atoms with Crippen molar-refractivity contribution in [3.63, 3.8) is 0 Å². The van der Waals surface area contributed by atoms with Crippen LogP contribution >= 0.6 is 11.6 Å². The molecule has 0 atom stereocenters. The summed E-state index contributed by atoms with van der Waals surface area (Å²) < 4.78 is 0. The van der Waals surface area contributed by atoms with Gasteiger partial charge in [0.05, 0.1) is 15.9 Å². The summed E-state index contributed by atoms with van der Waals surface area (Å²) in [6, 6.07) is 5.00. The summed E-state index contributed by atoms with van der Waals surface area (Å²) in [5.74, 6) is 0.0746. The Hall–Kier alpha value is -1.55. The number of nitrogens with zero attached hydrogens (tertiary/aromatic N) is 1. The predicted octanol–water partition coefficient (Wildman–Crippen LogP) is 1.16. The standard InChI is InChI=1S/C8H6ClN3O/c9-5-3-1-2-4-6(5)11-8(10)12-7(4)13/h1-3H,(H3,10,11,12,13). The zero-order valence-electron chi connectivity index (χ0n) is 6.54. The smallest absolute Gasteiger partial charge is 0.260 e. The molecule has 0 bridgehead atoms. The van der Waals surface area contributed by atoms with Crippen molar-refractivity contribution in [2.24, 2.45) is 0 Å². The van der Waals surface area contributed by atoms with Gasteiger partial charge in [-0.1, -0.05) is 17.7 Å². The molecule has 1 heterocycles. The fourth-order valence-electron chi connectivity index (χ4n) is 1.14. The molecule has 66 valence electrons. The number of nitrogen functional groups attached to an aromatic ring is 1. The fraction of sp³-hybridized carbons (Fsp3) is 0. The Balaban J connectivity index is 3.03. The van der Waals surface area contributed by atoms with Crippen LogP contribution in [0.1, 0.15) is 0 Å². The maximum absolute atomic E-state index is 11.3. The van der Waals surface area contributed by atoms with Gasteiger partial charge in [-0.3, -0.25) is 9.78 Å². The van der Waals surface area contributed by atoms with Gasteiger partial charge in [0.25, 0.3) is 5.56 Å². The summed E-state index contributed by atoms with van der Waals surface area (Å²) >= 11 is 5.83. The molecule has 0 saturated heterocycles. The average Bonchev–Trinajstić information content (AvgIpc) is 2.07. The molecule has 0 amide bonds. The van der Waals surface area contributed by atoms with Crippen LogP contribution in [-0.4, -0.2) is 9.97 Å². The maximum atomic E-state index is 11.3. The number of rotatable bonds is 0. The Morgan fingerprint density at radius 3 is 3.00 bits per heavy atom. The van der Waals surface area contributed by atoms with E-state index in [4.69, 9.17) is 17.3 Å². The third kappa shape index (κ3) is 1.25. The molecule has 0 aliphatic carbocycles. The number of aromatic amines is 1. The molecule has 3 N–H and O–H groups in total. The SMILES string of the molecule is Nc1nc2c(Cl)cccc2c(=O)[nH]1. The molecule has 0 aliphatic heterocycles. The highest BCUT2D eigenvalue weighted by molar-refractivity contribution is 6.35. The quantitative estimate of drug-likeness (QED) is 0.663. The van der Waals surface area contributed by atoms with Gasteiger partial charge in [-0.05, 0) is 12.1 Å². The van der Waals surface area contributed by atoms with Crippen LogP contribution in [0.5, 0.6) is 0 Å². The fourth-order valence-corrected chi connectivity index (χ4v) is 1.36. The topological polar surface area (TPSA) is 71.8 Å². The summed E-state index contributed by atoms with van der Waals surface area (Å²) in [6.07, 6.45) is 0. The lowest BCUT2D eigenvalue weighted by Gasteiger charge is -1.98. The van der Waals surface area contributed by atoms with Crippen LogP contribution in [0.3, 0.4) is 0 Å². The third-order valence-electron chi connectivity index (χ3n) is 1.71. The minimum absolute atomic E-state index is 0.0746. The molecule has 0 spiro atoms. The largest absolute Gasteiger partial charge is 0.369 e. The number of fused-ring (bicyclic) bond motifs is 1. The van der Waals surface area contributed by atoms with Gasteiger partial charge in [0.1, 0.15) is 0 Å². The van der Waals surface area contributed by atoms with Crippen molar-refractivity contribution in [2.75, 3.05) is 5.73 Å². The van der Waals surface area contributed by atoms with Gasteiger partial charge in [-0.2, -0.15) is 0 Å². The van der Waals surface area contributed by atoms with Crippen molar-refractivity contribution in [1.82, 2.24) is 9.97 Å². The van der Waals surface area contributed by atoms with E-state index in [0.29, 0.717) is 15.9 Å². The molecular formula is C8H6ClN3O. The molecular weight excluding hydrogens is 190 g/mol. The molecule has 2 aromatic rings. The highest BCUT2D eigenvalue weighted by Crippen LogP contribution is 2.18. The molecule has 0 radical (unpaired) electrons. The van der Waals surface area contributed by atoms with E-state index in [-0.39, 0.29) is 11.5 Å². The first kappa shape index (κ1) is 8.07. The van der Waals surface area contributed by atoms with Crippen molar-refractivity contribution < 1.29 is 0 Å². The Morgan fingerprint density at radius 2 is 2.23 bits per heavy atom. The minimum Gasteiger partial charge on any atom is -0.369 e. The second-order valence-corrected chi connectivity index (χ2v) is 2.99. The minimum atomic E-state index is -0.273. The number of anilines is 1. The van der Waals surface area contributed by atoms with E-state index in [1.165, 1.54) is 0 Å². The summed E-state index contributed by atoms with van der Waals surface area (Å²) in [6.45, 7) is 0. The van der Waals surface area contributed by atoms with Crippen LogP contribution < -0.4 is 11.3 Å². The first-order valence-corrected chi connectivity index (χ1v) is 4.00. The number of halogens is 1. The van der Waals surface area contributed by atoms with Crippen molar-refractivity contribution >= 4 is 28.5 Å². The van der Waals surface area contributed by atoms with Crippen LogP contribution in [-0.2, 0) is 0 Å². The van der Waals surface area contributed by atoms with Crippen molar-refractivity contribution in [3.05, 3.63) is 33.6 Å². The van der Waals surface area contributed by atoms with E-state index >= 15 is 0 Å². The van der Waals surface area contributed by atoms with Gasteiger partial charge < -0.3 is 5.73 Å². The van der Waals surface area contributed by atoms with Crippen molar-refractivity contribution in [1.29, 1.82) is 0 Å². The molecule has 0 saturated carbocycles. The first-order chi connectivity index (χ1) is 6.18. The second kappa shape index (κ2) is 2.74. The summed E-state index contributed by atoms with van der Waals surface area (Å²) in [4.78, 5) is 17.6. The van der Waals surface area contributed by atoms with Gasteiger partial charge in [-0.15, -0.1) is 0 Å². The lowest BCUT2D eigenvalue weighted by Crippen LogP contribution is -2.11. The van der Waals surface area contributed by atoms with Crippen molar-refractivity contribution in [3.8, 4) is 0 Å². The third-order valence-corrected chi connectivity index (χ3v) is 2.01. The molecule has 0 fully saturated rings. The summed E-state index contributed by atoms with van der Waals surface area (Å²) in [7, 11) is 0. The molecule has 0 unspecified atom stereocenters. The predicted molar refractivity (Wildman–Crippen MR) is 51.8 cm³/mol. The average molecular weight is 196 g/mol. The van der Waals surface area contributed by atoms with Gasteiger partial charge >= 0.3 is 0 Å². The van der Waals surface area contributed by atoms with Crippen LogP contribution in [0.4, 0.5) is 5.95 Å². The number of hydrogen-bond donors (Lipinski definition) is 2. The Kier molecular flexibility index (Phi) is 1.70. The van der Waals surface area contributed by atoms with E-state index in [2.05, 4.69) is 9.97 Å². The summed E-state index contributed by atoms with van der Waals surface area (Å²) in [5, 5.41) is 0.872. The van der Waals surface area contributed by atoms with Gasteiger partial charge in [0.15, 0.2) is 0 Å².